The highest BCUT2D eigenvalue weighted by molar-refractivity contribution is 7.23. The Labute approximate surface area is 200 Å². The molecule has 2 heterocycles. The Balaban J connectivity index is 1.49. The van der Waals surface area contributed by atoms with Gasteiger partial charge in [0.1, 0.15) is 27.3 Å². The summed E-state index contributed by atoms with van der Waals surface area (Å²) in [6, 6.07) is 9.59. The van der Waals surface area contributed by atoms with E-state index < -0.39 is 23.6 Å². The average molecular weight is 501 g/mol. The summed E-state index contributed by atoms with van der Waals surface area (Å²) in [7, 11) is 1.50. The fraction of sp³-hybridized carbons (Fsp3) is 0.0909. The minimum atomic E-state index is -0.642. The van der Waals surface area contributed by atoms with Gasteiger partial charge in [0, 0.05) is 29.2 Å². The number of aromatic nitrogens is 2. The van der Waals surface area contributed by atoms with Crippen LogP contribution < -0.4 is 21.7 Å². The Hall–Kier alpha value is -3.90. The Morgan fingerprint density at radius 1 is 1.09 bits per heavy atom. The van der Waals surface area contributed by atoms with E-state index in [9.17, 15) is 18.4 Å². The van der Waals surface area contributed by atoms with Crippen LogP contribution in [-0.4, -0.2) is 29.0 Å². The molecule has 4 aromatic rings. The quantitative estimate of drug-likeness (QED) is 0.305. The molecule has 8 nitrogen and oxygen atoms in total. The van der Waals surface area contributed by atoms with Crippen molar-refractivity contribution in [2.75, 3.05) is 23.4 Å². The zero-order valence-electron chi connectivity index (χ0n) is 17.7. The van der Waals surface area contributed by atoms with Gasteiger partial charge in [0.05, 0.1) is 12.1 Å². The zero-order chi connectivity index (χ0) is 24.2. The third-order valence-corrected chi connectivity index (χ3v) is 6.58. The maximum atomic E-state index is 13.8. The molecular formula is C22H18F2N6O2S2. The molecule has 3 amide bonds. The van der Waals surface area contributed by atoms with Gasteiger partial charge in [-0.25, -0.2) is 23.5 Å². The highest BCUT2D eigenvalue weighted by Crippen LogP contribution is 2.38. The van der Waals surface area contributed by atoms with Gasteiger partial charge in [-0.05, 0) is 30.3 Å². The minimum Gasteiger partial charge on any atom is -0.382 e. The molecule has 0 aliphatic rings. The Morgan fingerprint density at radius 3 is 2.71 bits per heavy atom. The van der Waals surface area contributed by atoms with E-state index in [0.717, 1.165) is 23.8 Å². The number of carbonyl (C=O) groups is 2. The van der Waals surface area contributed by atoms with Gasteiger partial charge in [-0.15, -0.1) is 11.3 Å². The lowest BCUT2D eigenvalue weighted by Crippen LogP contribution is -2.24. The molecule has 0 unspecified atom stereocenters. The van der Waals surface area contributed by atoms with Crippen molar-refractivity contribution in [3.05, 3.63) is 65.0 Å². The molecular weight excluding hydrogens is 482 g/mol. The van der Waals surface area contributed by atoms with Crippen LogP contribution in [-0.2, 0) is 11.2 Å². The van der Waals surface area contributed by atoms with Crippen molar-refractivity contribution in [3.63, 3.8) is 0 Å². The van der Waals surface area contributed by atoms with Crippen LogP contribution in [0.15, 0.2) is 47.8 Å². The predicted octanol–water partition coefficient (Wildman–Crippen LogP) is 4.73. The number of hydrogen-bond donors (Lipinski definition) is 4. The molecule has 0 saturated heterocycles. The molecule has 34 heavy (non-hydrogen) atoms. The number of urea groups is 1. The largest absolute Gasteiger partial charge is 0.382 e. The molecule has 4 rings (SSSR count). The van der Waals surface area contributed by atoms with Crippen LogP contribution in [0.25, 0.3) is 21.1 Å². The molecule has 0 saturated carbocycles. The van der Waals surface area contributed by atoms with Gasteiger partial charge in [-0.2, -0.15) is 0 Å². The number of thiazole rings is 2. The van der Waals surface area contributed by atoms with Crippen molar-refractivity contribution < 1.29 is 18.4 Å². The van der Waals surface area contributed by atoms with Gasteiger partial charge in [0.2, 0.25) is 5.91 Å². The number of hydrogen-bond acceptors (Lipinski definition) is 7. The lowest BCUT2D eigenvalue weighted by Gasteiger charge is -2.07. The Bertz CT molecular complexity index is 1370. The highest BCUT2D eigenvalue weighted by atomic mass is 32.1. The predicted molar refractivity (Wildman–Crippen MR) is 130 cm³/mol. The lowest BCUT2D eigenvalue weighted by molar-refractivity contribution is -0.115. The standard InChI is InChI=1S/C22H18F2N6O2S2/c1-26-21(32)30-22-29-19(25)18(34-22)20-28-16(10-33-20)11-3-2-4-14(8-11)27-17(31)9-12-7-13(23)5-6-15(12)24/h2-8,10H,9,25H2,1H3,(H,27,31)(H2,26,29,30,32). The van der Waals surface area contributed by atoms with Crippen LogP contribution >= 0.6 is 22.7 Å². The first-order chi connectivity index (χ1) is 16.3. The van der Waals surface area contributed by atoms with Gasteiger partial charge < -0.3 is 16.4 Å². The summed E-state index contributed by atoms with van der Waals surface area (Å²) in [5.74, 6) is -1.47. The van der Waals surface area contributed by atoms with Crippen molar-refractivity contribution in [1.82, 2.24) is 15.3 Å². The number of nitrogens with zero attached hydrogens (tertiary/aromatic N) is 2. The monoisotopic (exact) mass is 500 g/mol. The van der Waals surface area contributed by atoms with Crippen molar-refractivity contribution in [2.24, 2.45) is 0 Å². The molecule has 0 atom stereocenters. The number of nitrogens with two attached hydrogens (primary N) is 1. The number of halogens is 2. The van der Waals surface area contributed by atoms with Crippen molar-refractivity contribution >= 4 is 51.2 Å². The van der Waals surface area contributed by atoms with E-state index in [4.69, 9.17) is 5.73 Å². The first kappa shape index (κ1) is 23.3. The molecule has 0 fully saturated rings. The summed E-state index contributed by atoms with van der Waals surface area (Å²) in [6.07, 6.45) is -0.300. The zero-order valence-corrected chi connectivity index (χ0v) is 19.3. The van der Waals surface area contributed by atoms with Crippen LogP contribution in [0.4, 0.5) is 30.2 Å². The first-order valence-electron chi connectivity index (χ1n) is 9.87. The molecule has 174 valence electrons. The van der Waals surface area contributed by atoms with E-state index in [1.807, 2.05) is 11.4 Å². The number of benzene rings is 2. The minimum absolute atomic E-state index is 0.0229. The average Bonchev–Trinajstić information content (AvgIpc) is 3.43. The second-order valence-corrected chi connectivity index (χ2v) is 8.87. The van der Waals surface area contributed by atoms with Crippen molar-refractivity contribution in [2.45, 2.75) is 6.42 Å². The maximum Gasteiger partial charge on any atom is 0.320 e. The van der Waals surface area contributed by atoms with E-state index in [-0.39, 0.29) is 17.8 Å². The van der Waals surface area contributed by atoms with Gasteiger partial charge >= 0.3 is 6.03 Å². The van der Waals surface area contributed by atoms with Gasteiger partial charge in [-0.1, -0.05) is 23.5 Å². The number of nitrogen functional groups attached to an aromatic ring is 1. The van der Waals surface area contributed by atoms with E-state index in [2.05, 4.69) is 25.9 Å². The van der Waals surface area contributed by atoms with Crippen LogP contribution in [0.2, 0.25) is 0 Å². The topological polar surface area (TPSA) is 122 Å². The third kappa shape index (κ3) is 5.35. The second kappa shape index (κ2) is 9.93. The SMILES string of the molecule is CNC(=O)Nc1nc(N)c(-c2nc(-c3cccc(NC(=O)Cc4cc(F)ccc4F)c3)cs2)s1. The van der Waals surface area contributed by atoms with Crippen LogP contribution in [0.5, 0.6) is 0 Å². The number of nitrogens with one attached hydrogen (secondary N) is 3. The van der Waals surface area contributed by atoms with E-state index >= 15 is 0 Å². The maximum absolute atomic E-state index is 13.8. The van der Waals surface area contributed by atoms with Crippen LogP contribution in [0, 0.1) is 11.6 Å². The summed E-state index contributed by atoms with van der Waals surface area (Å²) in [6.45, 7) is 0. The molecule has 0 spiro atoms. The van der Waals surface area contributed by atoms with Crippen LogP contribution in [0.1, 0.15) is 5.56 Å². The second-order valence-electron chi connectivity index (χ2n) is 7.02. The fourth-order valence-corrected chi connectivity index (χ4v) is 4.83. The molecule has 12 heteroatoms. The highest BCUT2D eigenvalue weighted by Gasteiger charge is 2.16. The smallest absolute Gasteiger partial charge is 0.320 e. The van der Waals surface area contributed by atoms with Crippen molar-refractivity contribution in [3.8, 4) is 21.1 Å². The Kier molecular flexibility index (Phi) is 6.80. The van der Waals surface area contributed by atoms with Crippen molar-refractivity contribution in [1.29, 1.82) is 0 Å². The number of anilines is 3. The van der Waals surface area contributed by atoms with E-state index in [1.165, 1.54) is 29.7 Å². The molecule has 0 aliphatic carbocycles. The summed E-state index contributed by atoms with van der Waals surface area (Å²) in [4.78, 5) is 33.2. The normalized spacial score (nSPS) is 10.7. The number of amides is 3. The molecule has 5 N–H and O–H groups in total. The van der Waals surface area contributed by atoms with Gasteiger partial charge in [-0.3, -0.25) is 10.1 Å². The molecule has 2 aromatic carbocycles. The summed E-state index contributed by atoms with van der Waals surface area (Å²) in [5.41, 5.74) is 7.86. The summed E-state index contributed by atoms with van der Waals surface area (Å²) in [5, 5.41) is 10.5. The van der Waals surface area contributed by atoms with Gasteiger partial charge in [0.25, 0.3) is 0 Å². The Morgan fingerprint density at radius 2 is 1.91 bits per heavy atom. The number of carbonyl (C=O) groups excluding carboxylic acids is 2. The van der Waals surface area contributed by atoms with E-state index in [0.29, 0.717) is 26.4 Å². The fourth-order valence-electron chi connectivity index (χ4n) is 3.02. The molecule has 0 bridgehead atoms. The van der Waals surface area contributed by atoms with E-state index in [1.54, 1.807) is 18.2 Å². The molecule has 0 radical (unpaired) electrons. The lowest BCUT2D eigenvalue weighted by atomic mass is 10.1. The summed E-state index contributed by atoms with van der Waals surface area (Å²) >= 11 is 2.57. The first-order valence-corrected chi connectivity index (χ1v) is 11.6. The van der Waals surface area contributed by atoms with Crippen LogP contribution in [0.3, 0.4) is 0 Å². The molecule has 0 aliphatic heterocycles. The summed E-state index contributed by atoms with van der Waals surface area (Å²) < 4.78 is 27.2. The molecule has 2 aromatic heterocycles. The third-order valence-electron chi connectivity index (χ3n) is 4.60. The number of rotatable bonds is 6. The van der Waals surface area contributed by atoms with Gasteiger partial charge in [0.15, 0.2) is 5.13 Å².